The van der Waals surface area contributed by atoms with E-state index in [0.29, 0.717) is 0 Å². The second-order valence-electron chi connectivity index (χ2n) is 4.48. The van der Waals surface area contributed by atoms with Gasteiger partial charge in [-0.2, -0.15) is 0 Å². The topological polar surface area (TPSA) is 45.2 Å². The van der Waals surface area contributed by atoms with Crippen LogP contribution in [0.2, 0.25) is 0 Å². The van der Waals surface area contributed by atoms with Gasteiger partial charge in [-0.25, -0.2) is 4.98 Å². The number of nitrogens with zero attached hydrogens (tertiary/aromatic N) is 2. The van der Waals surface area contributed by atoms with E-state index in [1.54, 1.807) is 18.4 Å². The summed E-state index contributed by atoms with van der Waals surface area (Å²) in [5.41, 5.74) is 1.07. The van der Waals surface area contributed by atoms with Crippen molar-refractivity contribution >= 4 is 17.2 Å². The summed E-state index contributed by atoms with van der Waals surface area (Å²) >= 11 is 1.68. The molecular formula is C12H19N3OS. The van der Waals surface area contributed by atoms with Gasteiger partial charge in [-0.15, -0.1) is 11.3 Å². The number of amides is 1. The smallest absolute Gasteiger partial charge is 0.237 e. The zero-order chi connectivity index (χ0) is 12.3. The number of aromatic nitrogens is 1. The molecule has 1 N–H and O–H groups in total. The minimum atomic E-state index is 0.0259. The molecule has 94 valence electrons. The molecule has 0 bridgehead atoms. The molecule has 1 amide bonds. The highest BCUT2D eigenvalue weighted by Gasteiger charge is 2.28. The maximum Gasteiger partial charge on any atom is 0.237 e. The third-order valence-electron chi connectivity index (χ3n) is 3.17. The van der Waals surface area contributed by atoms with E-state index in [-0.39, 0.29) is 11.9 Å². The number of carbonyl (C=O) groups is 1. The first-order chi connectivity index (χ1) is 8.20. The zero-order valence-corrected chi connectivity index (χ0v) is 11.2. The lowest BCUT2D eigenvalue weighted by molar-refractivity contribution is -0.127. The van der Waals surface area contributed by atoms with Crippen LogP contribution in [0.3, 0.4) is 0 Å². The highest BCUT2D eigenvalue weighted by Crippen LogP contribution is 2.21. The van der Waals surface area contributed by atoms with Crippen LogP contribution in [-0.4, -0.2) is 35.4 Å². The first-order valence-electron chi connectivity index (χ1n) is 6.07. The van der Waals surface area contributed by atoms with E-state index in [4.69, 9.17) is 0 Å². The van der Waals surface area contributed by atoms with Gasteiger partial charge in [0.2, 0.25) is 5.91 Å². The molecule has 2 heterocycles. The molecule has 1 unspecified atom stereocenters. The Morgan fingerprint density at radius 3 is 3.12 bits per heavy atom. The Labute approximate surface area is 106 Å². The Kier molecular flexibility index (Phi) is 4.12. The Balaban J connectivity index is 2.03. The van der Waals surface area contributed by atoms with E-state index in [0.717, 1.165) is 36.6 Å². The predicted octanol–water partition coefficient (Wildman–Crippen LogP) is 1.55. The van der Waals surface area contributed by atoms with Gasteiger partial charge in [-0.05, 0) is 26.3 Å². The van der Waals surface area contributed by atoms with E-state index in [9.17, 15) is 4.79 Å². The van der Waals surface area contributed by atoms with Crippen molar-refractivity contribution in [1.29, 1.82) is 0 Å². The maximum atomic E-state index is 11.8. The van der Waals surface area contributed by atoms with Crippen LogP contribution in [0, 0.1) is 6.92 Å². The number of piperidine rings is 1. The molecule has 17 heavy (non-hydrogen) atoms. The monoisotopic (exact) mass is 253 g/mol. The van der Waals surface area contributed by atoms with Gasteiger partial charge in [0.1, 0.15) is 5.01 Å². The van der Waals surface area contributed by atoms with Crippen LogP contribution in [0.25, 0.3) is 0 Å². The Morgan fingerprint density at radius 2 is 2.47 bits per heavy atom. The third-order valence-corrected chi connectivity index (χ3v) is 4.12. The lowest BCUT2D eigenvalue weighted by Gasteiger charge is -2.33. The fraction of sp³-hybridized carbons (Fsp3) is 0.667. The highest BCUT2D eigenvalue weighted by atomic mass is 32.1. The standard InChI is InChI=1S/C12H19N3OS/c1-9-8-17-11(14-9)7-15-6-4-3-5-10(15)12(16)13-2/h8,10H,3-7H2,1-2H3,(H,13,16). The lowest BCUT2D eigenvalue weighted by atomic mass is 10.0. The molecule has 2 rings (SSSR count). The van der Waals surface area contributed by atoms with Crippen molar-refractivity contribution in [3.8, 4) is 0 Å². The minimum Gasteiger partial charge on any atom is -0.358 e. The van der Waals surface area contributed by atoms with Crippen molar-refractivity contribution in [2.24, 2.45) is 0 Å². The summed E-state index contributed by atoms with van der Waals surface area (Å²) in [6.45, 7) is 3.81. The van der Waals surface area contributed by atoms with E-state index in [1.807, 2.05) is 6.92 Å². The fourth-order valence-electron chi connectivity index (χ4n) is 2.29. The number of hydrogen-bond acceptors (Lipinski definition) is 4. The quantitative estimate of drug-likeness (QED) is 0.889. The molecule has 1 aliphatic rings. The number of nitrogens with one attached hydrogen (secondary N) is 1. The molecule has 1 fully saturated rings. The number of carbonyl (C=O) groups excluding carboxylic acids is 1. The first kappa shape index (κ1) is 12.5. The van der Waals surface area contributed by atoms with Crippen LogP contribution in [0.4, 0.5) is 0 Å². The highest BCUT2D eigenvalue weighted by molar-refractivity contribution is 7.09. The van der Waals surface area contributed by atoms with Crippen LogP contribution in [0.1, 0.15) is 30.0 Å². The van der Waals surface area contributed by atoms with E-state index >= 15 is 0 Å². The van der Waals surface area contributed by atoms with E-state index < -0.39 is 0 Å². The Bertz CT molecular complexity index is 391. The molecule has 0 spiro atoms. The van der Waals surface area contributed by atoms with Crippen LogP contribution in [0.15, 0.2) is 5.38 Å². The fourth-order valence-corrected chi connectivity index (χ4v) is 3.09. The lowest BCUT2D eigenvalue weighted by Crippen LogP contribution is -2.48. The van der Waals surface area contributed by atoms with Gasteiger partial charge >= 0.3 is 0 Å². The van der Waals surface area contributed by atoms with Crippen LogP contribution < -0.4 is 5.32 Å². The van der Waals surface area contributed by atoms with Gasteiger partial charge in [-0.3, -0.25) is 9.69 Å². The molecule has 1 aromatic rings. The Morgan fingerprint density at radius 1 is 1.65 bits per heavy atom. The third kappa shape index (κ3) is 3.04. The number of thiazole rings is 1. The molecule has 1 aromatic heterocycles. The summed E-state index contributed by atoms with van der Waals surface area (Å²) in [5, 5.41) is 5.93. The molecule has 4 nitrogen and oxygen atoms in total. The summed E-state index contributed by atoms with van der Waals surface area (Å²) in [6.07, 6.45) is 3.29. The largest absolute Gasteiger partial charge is 0.358 e. The van der Waals surface area contributed by atoms with Gasteiger partial charge in [0.25, 0.3) is 0 Å². The molecule has 5 heteroatoms. The van der Waals surface area contributed by atoms with Crippen molar-refractivity contribution in [2.45, 2.75) is 38.8 Å². The number of likely N-dealkylation sites (N-methyl/N-ethyl adjacent to an activating group) is 1. The number of aryl methyl sites for hydroxylation is 1. The minimum absolute atomic E-state index is 0.0259. The van der Waals surface area contributed by atoms with Gasteiger partial charge in [0.15, 0.2) is 0 Å². The summed E-state index contributed by atoms with van der Waals surface area (Å²) in [4.78, 5) is 18.5. The van der Waals surface area contributed by atoms with Gasteiger partial charge in [0.05, 0.1) is 12.6 Å². The molecule has 0 saturated carbocycles. The molecular weight excluding hydrogens is 234 g/mol. The molecule has 0 radical (unpaired) electrons. The van der Waals surface area contributed by atoms with Crippen molar-refractivity contribution in [3.63, 3.8) is 0 Å². The zero-order valence-electron chi connectivity index (χ0n) is 10.4. The normalized spacial score (nSPS) is 21.4. The van der Waals surface area contributed by atoms with Gasteiger partial charge < -0.3 is 5.32 Å². The average molecular weight is 253 g/mol. The Hall–Kier alpha value is -0.940. The van der Waals surface area contributed by atoms with Gasteiger partial charge in [-0.1, -0.05) is 6.42 Å². The predicted molar refractivity (Wildman–Crippen MR) is 69.0 cm³/mol. The van der Waals surface area contributed by atoms with Crippen LogP contribution >= 0.6 is 11.3 Å². The molecule has 1 saturated heterocycles. The number of rotatable bonds is 3. The summed E-state index contributed by atoms with van der Waals surface area (Å²) < 4.78 is 0. The number of likely N-dealkylation sites (tertiary alicyclic amines) is 1. The van der Waals surface area contributed by atoms with Crippen molar-refractivity contribution < 1.29 is 4.79 Å². The first-order valence-corrected chi connectivity index (χ1v) is 6.95. The van der Waals surface area contributed by atoms with E-state index in [1.165, 1.54) is 6.42 Å². The SMILES string of the molecule is CNC(=O)C1CCCCN1Cc1nc(C)cs1. The van der Waals surface area contributed by atoms with Crippen molar-refractivity contribution in [1.82, 2.24) is 15.2 Å². The summed E-state index contributed by atoms with van der Waals surface area (Å²) in [7, 11) is 1.71. The summed E-state index contributed by atoms with van der Waals surface area (Å²) in [6, 6.07) is 0.0259. The molecule has 0 aliphatic carbocycles. The van der Waals surface area contributed by atoms with Gasteiger partial charge in [0, 0.05) is 18.1 Å². The van der Waals surface area contributed by atoms with E-state index in [2.05, 4.69) is 20.6 Å². The second kappa shape index (κ2) is 5.60. The summed E-state index contributed by atoms with van der Waals surface area (Å²) in [5.74, 6) is 0.137. The van der Waals surface area contributed by atoms with Crippen molar-refractivity contribution in [2.75, 3.05) is 13.6 Å². The molecule has 0 aromatic carbocycles. The molecule has 1 aliphatic heterocycles. The van der Waals surface area contributed by atoms with Crippen LogP contribution in [-0.2, 0) is 11.3 Å². The second-order valence-corrected chi connectivity index (χ2v) is 5.42. The number of hydrogen-bond donors (Lipinski definition) is 1. The molecule has 1 atom stereocenters. The average Bonchev–Trinajstić information content (AvgIpc) is 2.74. The van der Waals surface area contributed by atoms with Crippen molar-refractivity contribution in [3.05, 3.63) is 16.1 Å². The maximum absolute atomic E-state index is 11.8. The van der Waals surface area contributed by atoms with Crippen LogP contribution in [0.5, 0.6) is 0 Å².